The van der Waals surface area contributed by atoms with Gasteiger partial charge in [0.25, 0.3) is 5.56 Å². The summed E-state index contributed by atoms with van der Waals surface area (Å²) in [6, 6.07) is 13.7. The average molecular weight is 399 g/mol. The van der Waals surface area contributed by atoms with E-state index in [4.69, 9.17) is 14.5 Å². The van der Waals surface area contributed by atoms with E-state index in [1.54, 1.807) is 23.4 Å². The minimum atomic E-state index is -0.0169. The van der Waals surface area contributed by atoms with Crippen LogP contribution in [-0.4, -0.2) is 35.6 Å². The van der Waals surface area contributed by atoms with E-state index in [0.29, 0.717) is 25.1 Å². The standard InChI is InChI=1S/C22H26N2O3S/c1-16-9-10-17(2)20(15-16)27-12-6-14-28-22-23-19-8-5-4-7-18(19)21(25)24(22)11-13-26-3/h4-5,7-10,15H,6,11-14H2,1-3H3. The fourth-order valence-corrected chi connectivity index (χ4v) is 3.84. The lowest BCUT2D eigenvalue weighted by Gasteiger charge is -2.13. The summed E-state index contributed by atoms with van der Waals surface area (Å²) in [5.74, 6) is 1.76. The van der Waals surface area contributed by atoms with Gasteiger partial charge >= 0.3 is 0 Å². The Morgan fingerprint density at radius 2 is 1.93 bits per heavy atom. The Bertz CT molecular complexity index is 1000. The Morgan fingerprint density at radius 1 is 1.11 bits per heavy atom. The topological polar surface area (TPSA) is 53.4 Å². The summed E-state index contributed by atoms with van der Waals surface area (Å²) in [6.07, 6.45) is 0.866. The first-order chi connectivity index (χ1) is 13.6. The fraction of sp³-hybridized carbons (Fsp3) is 0.364. The van der Waals surface area contributed by atoms with Crippen LogP contribution in [0.5, 0.6) is 5.75 Å². The highest BCUT2D eigenvalue weighted by Crippen LogP contribution is 2.21. The van der Waals surface area contributed by atoms with E-state index in [0.717, 1.165) is 34.2 Å². The molecule has 28 heavy (non-hydrogen) atoms. The Balaban J connectivity index is 1.66. The van der Waals surface area contributed by atoms with Gasteiger partial charge in [0, 0.05) is 12.9 Å². The third kappa shape index (κ3) is 4.94. The molecule has 0 aliphatic heterocycles. The number of ether oxygens (including phenoxy) is 2. The number of hydrogen-bond acceptors (Lipinski definition) is 5. The molecule has 5 nitrogen and oxygen atoms in total. The van der Waals surface area contributed by atoms with Crippen LogP contribution in [0.25, 0.3) is 10.9 Å². The Hall–Kier alpha value is -2.31. The maximum absolute atomic E-state index is 12.8. The summed E-state index contributed by atoms with van der Waals surface area (Å²) >= 11 is 1.59. The van der Waals surface area contributed by atoms with Crippen molar-refractivity contribution in [3.8, 4) is 5.75 Å². The van der Waals surface area contributed by atoms with E-state index in [1.165, 1.54) is 5.56 Å². The van der Waals surface area contributed by atoms with Crippen molar-refractivity contribution >= 4 is 22.7 Å². The van der Waals surface area contributed by atoms with Gasteiger partial charge in [-0.3, -0.25) is 9.36 Å². The molecule has 0 atom stereocenters. The molecule has 0 bridgehead atoms. The normalized spacial score (nSPS) is 11.1. The molecule has 1 heterocycles. The zero-order valence-corrected chi connectivity index (χ0v) is 17.4. The highest BCUT2D eigenvalue weighted by Gasteiger charge is 2.11. The number of benzene rings is 2. The number of aromatic nitrogens is 2. The predicted molar refractivity (Wildman–Crippen MR) is 115 cm³/mol. The molecule has 0 fully saturated rings. The van der Waals surface area contributed by atoms with Gasteiger partial charge in [-0.25, -0.2) is 4.98 Å². The number of rotatable bonds is 9. The van der Waals surface area contributed by atoms with Crippen molar-refractivity contribution < 1.29 is 9.47 Å². The summed E-state index contributed by atoms with van der Waals surface area (Å²) in [4.78, 5) is 17.5. The fourth-order valence-electron chi connectivity index (χ4n) is 2.90. The predicted octanol–water partition coefficient (Wildman–Crippen LogP) is 4.22. The van der Waals surface area contributed by atoms with E-state index in [1.807, 2.05) is 24.3 Å². The van der Waals surface area contributed by atoms with Crippen molar-refractivity contribution in [2.45, 2.75) is 32.0 Å². The molecule has 3 rings (SSSR count). The third-order valence-corrected chi connectivity index (χ3v) is 5.53. The lowest BCUT2D eigenvalue weighted by Crippen LogP contribution is -2.25. The lowest BCUT2D eigenvalue weighted by molar-refractivity contribution is 0.183. The minimum Gasteiger partial charge on any atom is -0.493 e. The van der Waals surface area contributed by atoms with Gasteiger partial charge in [0.05, 0.1) is 30.7 Å². The second-order valence-corrected chi connectivity index (χ2v) is 7.74. The van der Waals surface area contributed by atoms with Crippen LogP contribution in [0.4, 0.5) is 0 Å². The molecule has 0 aliphatic carbocycles. The first-order valence-electron chi connectivity index (χ1n) is 9.41. The summed E-state index contributed by atoms with van der Waals surface area (Å²) in [5.41, 5.74) is 3.05. The van der Waals surface area contributed by atoms with E-state index in [2.05, 4.69) is 32.0 Å². The summed E-state index contributed by atoms with van der Waals surface area (Å²) in [6.45, 7) is 5.72. The molecular weight excluding hydrogens is 372 g/mol. The molecule has 0 amide bonds. The molecule has 0 saturated heterocycles. The maximum atomic E-state index is 12.8. The van der Waals surface area contributed by atoms with Gasteiger partial charge in [-0.15, -0.1) is 0 Å². The molecule has 0 N–H and O–H groups in total. The highest BCUT2D eigenvalue weighted by atomic mass is 32.2. The Morgan fingerprint density at radius 3 is 2.75 bits per heavy atom. The van der Waals surface area contributed by atoms with Crippen LogP contribution in [0, 0.1) is 13.8 Å². The summed E-state index contributed by atoms with van der Waals surface area (Å²) in [5, 5.41) is 1.37. The molecule has 1 aromatic heterocycles. The Labute approximate surface area is 169 Å². The number of nitrogens with zero attached hydrogens (tertiary/aromatic N) is 2. The van der Waals surface area contributed by atoms with Crippen molar-refractivity contribution in [3.05, 3.63) is 63.9 Å². The van der Waals surface area contributed by atoms with Crippen LogP contribution in [0.3, 0.4) is 0 Å². The third-order valence-electron chi connectivity index (χ3n) is 4.47. The second kappa shape index (κ2) is 9.75. The highest BCUT2D eigenvalue weighted by molar-refractivity contribution is 7.99. The molecule has 6 heteroatoms. The van der Waals surface area contributed by atoms with Crippen LogP contribution in [0.15, 0.2) is 52.4 Å². The first-order valence-corrected chi connectivity index (χ1v) is 10.4. The van der Waals surface area contributed by atoms with Crippen molar-refractivity contribution in [1.82, 2.24) is 9.55 Å². The zero-order valence-electron chi connectivity index (χ0n) is 16.6. The van der Waals surface area contributed by atoms with Crippen LogP contribution in [-0.2, 0) is 11.3 Å². The zero-order chi connectivity index (χ0) is 19.9. The van der Waals surface area contributed by atoms with E-state index < -0.39 is 0 Å². The number of fused-ring (bicyclic) bond motifs is 1. The Kier molecular flexibility index (Phi) is 7.12. The number of hydrogen-bond donors (Lipinski definition) is 0. The van der Waals surface area contributed by atoms with Crippen molar-refractivity contribution in [1.29, 1.82) is 0 Å². The van der Waals surface area contributed by atoms with Gasteiger partial charge < -0.3 is 9.47 Å². The maximum Gasteiger partial charge on any atom is 0.262 e. The van der Waals surface area contributed by atoms with Gasteiger partial charge in [-0.1, -0.05) is 36.0 Å². The first kappa shape index (κ1) is 20.4. The molecule has 0 unspecified atom stereocenters. The van der Waals surface area contributed by atoms with Crippen LogP contribution < -0.4 is 10.3 Å². The van der Waals surface area contributed by atoms with Crippen molar-refractivity contribution in [2.75, 3.05) is 26.1 Å². The minimum absolute atomic E-state index is 0.0169. The average Bonchev–Trinajstić information content (AvgIpc) is 2.70. The molecule has 0 saturated carbocycles. The molecule has 2 aromatic carbocycles. The molecule has 0 aliphatic rings. The molecule has 0 radical (unpaired) electrons. The quantitative estimate of drug-likeness (QED) is 0.307. The van der Waals surface area contributed by atoms with Crippen LogP contribution in [0.2, 0.25) is 0 Å². The van der Waals surface area contributed by atoms with Gasteiger partial charge in [-0.05, 0) is 49.6 Å². The van der Waals surface area contributed by atoms with E-state index in [-0.39, 0.29) is 5.56 Å². The number of aryl methyl sites for hydroxylation is 2. The van der Waals surface area contributed by atoms with Gasteiger partial charge in [-0.2, -0.15) is 0 Å². The van der Waals surface area contributed by atoms with E-state index >= 15 is 0 Å². The van der Waals surface area contributed by atoms with Crippen molar-refractivity contribution in [3.63, 3.8) is 0 Å². The smallest absolute Gasteiger partial charge is 0.262 e. The van der Waals surface area contributed by atoms with Gasteiger partial charge in [0.1, 0.15) is 5.75 Å². The second-order valence-electron chi connectivity index (χ2n) is 6.68. The number of methoxy groups -OCH3 is 1. The van der Waals surface area contributed by atoms with Gasteiger partial charge in [0.2, 0.25) is 0 Å². The lowest BCUT2D eigenvalue weighted by atomic mass is 10.1. The summed E-state index contributed by atoms with van der Waals surface area (Å²) < 4.78 is 12.8. The van der Waals surface area contributed by atoms with E-state index in [9.17, 15) is 4.79 Å². The summed E-state index contributed by atoms with van der Waals surface area (Å²) in [7, 11) is 1.64. The van der Waals surface area contributed by atoms with Crippen LogP contribution in [0.1, 0.15) is 17.5 Å². The SMILES string of the molecule is COCCn1c(SCCCOc2cc(C)ccc2C)nc2ccccc2c1=O. The molecule has 3 aromatic rings. The van der Waals surface area contributed by atoms with Crippen LogP contribution >= 0.6 is 11.8 Å². The monoisotopic (exact) mass is 398 g/mol. The largest absolute Gasteiger partial charge is 0.493 e. The molecule has 148 valence electrons. The van der Waals surface area contributed by atoms with Gasteiger partial charge in [0.15, 0.2) is 5.16 Å². The molecule has 0 spiro atoms. The number of para-hydroxylation sites is 1. The van der Waals surface area contributed by atoms with Crippen molar-refractivity contribution in [2.24, 2.45) is 0 Å². The number of thioether (sulfide) groups is 1. The molecular formula is C22H26N2O3S.